The van der Waals surface area contributed by atoms with Crippen molar-refractivity contribution in [2.75, 3.05) is 0 Å². The van der Waals surface area contributed by atoms with Crippen LogP contribution < -0.4 is 0 Å². The molecule has 0 saturated heterocycles. The molecule has 0 rings (SSSR count). The van der Waals surface area contributed by atoms with Gasteiger partial charge in [-0.15, -0.1) is 0 Å². The van der Waals surface area contributed by atoms with E-state index in [1.165, 1.54) is 55.4 Å². The summed E-state index contributed by atoms with van der Waals surface area (Å²) in [6.45, 7) is 17.8. The molecule has 0 spiro atoms. The van der Waals surface area contributed by atoms with Crippen LogP contribution in [-0.4, -0.2) is 24.2 Å². The van der Waals surface area contributed by atoms with Gasteiger partial charge < -0.3 is 0 Å². The Morgan fingerprint density at radius 3 is 1.50 bits per heavy atom. The van der Waals surface area contributed by atoms with Crippen LogP contribution in [0.25, 0.3) is 0 Å². The Kier molecular flexibility index (Phi) is 11.0. The van der Waals surface area contributed by atoms with E-state index in [1.54, 1.807) is 0 Å². The molecule has 0 aromatic heterocycles. The molecule has 22 heavy (non-hydrogen) atoms. The molecule has 0 aliphatic heterocycles. The van der Waals surface area contributed by atoms with Gasteiger partial charge in [0.15, 0.2) is 0 Å². The van der Waals surface area contributed by atoms with Gasteiger partial charge in [0.05, 0.1) is 0 Å². The number of allylic oxidation sites excluding steroid dienone is 1. The van der Waals surface area contributed by atoms with E-state index in [2.05, 4.69) is 41.2 Å². The summed E-state index contributed by atoms with van der Waals surface area (Å²) < 4.78 is 5.64. The average molecular weight is 415 g/mol. The molecule has 130 valence electrons. The average Bonchev–Trinajstić information content (AvgIpc) is 2.53. The van der Waals surface area contributed by atoms with Crippen LogP contribution in [0.1, 0.15) is 86.5 Å². The normalized spacial score (nSPS) is 12.5. The van der Waals surface area contributed by atoms with Crippen molar-refractivity contribution in [2.45, 2.75) is 99.8 Å². The van der Waals surface area contributed by atoms with Gasteiger partial charge in [0.25, 0.3) is 0 Å². The van der Waals surface area contributed by atoms with E-state index in [9.17, 15) is 4.79 Å². The molecule has 0 heterocycles. The first kappa shape index (κ1) is 22.2. The molecular formula is C20H40OSn. The standard InChI is InChI=1S/C8H13O.3C4H9.Sn/c1-5-7(9)8(3,4)6-2;3*1-3-4-2;/h2,5H2,1,3-4H3;3*1,3-4H2,2H3;. The molecule has 0 saturated carbocycles. The van der Waals surface area contributed by atoms with E-state index in [1.807, 2.05) is 6.92 Å². The Morgan fingerprint density at radius 2 is 1.23 bits per heavy atom. The van der Waals surface area contributed by atoms with Gasteiger partial charge in [-0.3, -0.25) is 0 Å². The Labute approximate surface area is 144 Å². The molecule has 0 aromatic rings. The third kappa shape index (κ3) is 6.01. The van der Waals surface area contributed by atoms with Crippen molar-refractivity contribution in [1.29, 1.82) is 0 Å². The number of ketones is 1. The van der Waals surface area contributed by atoms with Crippen molar-refractivity contribution in [3.8, 4) is 0 Å². The van der Waals surface area contributed by atoms with Crippen LogP contribution in [0.15, 0.2) is 10.2 Å². The monoisotopic (exact) mass is 416 g/mol. The number of hydrogen-bond acceptors (Lipinski definition) is 1. The fourth-order valence-electron chi connectivity index (χ4n) is 3.65. The van der Waals surface area contributed by atoms with E-state index in [-0.39, 0.29) is 5.41 Å². The van der Waals surface area contributed by atoms with Gasteiger partial charge in [0.1, 0.15) is 0 Å². The molecule has 0 unspecified atom stereocenters. The fourth-order valence-corrected chi connectivity index (χ4v) is 21.4. The van der Waals surface area contributed by atoms with Crippen molar-refractivity contribution in [3.63, 3.8) is 0 Å². The predicted molar refractivity (Wildman–Crippen MR) is 103 cm³/mol. The topological polar surface area (TPSA) is 17.1 Å². The quantitative estimate of drug-likeness (QED) is 0.298. The zero-order valence-electron chi connectivity index (χ0n) is 16.2. The predicted octanol–water partition coefficient (Wildman–Crippen LogP) is 6.94. The number of carbonyl (C=O) groups is 1. The van der Waals surface area contributed by atoms with Gasteiger partial charge in [-0.25, -0.2) is 0 Å². The van der Waals surface area contributed by atoms with E-state index >= 15 is 0 Å². The molecule has 0 aliphatic rings. The van der Waals surface area contributed by atoms with Crippen molar-refractivity contribution < 1.29 is 4.79 Å². The van der Waals surface area contributed by atoms with Crippen molar-refractivity contribution in [1.82, 2.24) is 0 Å². The molecule has 0 amide bonds. The van der Waals surface area contributed by atoms with Crippen molar-refractivity contribution >= 4 is 24.2 Å². The summed E-state index contributed by atoms with van der Waals surface area (Å²) in [5, 5.41) is 0. The maximum absolute atomic E-state index is 12.5. The number of rotatable bonds is 13. The van der Waals surface area contributed by atoms with Gasteiger partial charge in [0, 0.05) is 0 Å². The van der Waals surface area contributed by atoms with Crippen LogP contribution in [-0.2, 0) is 4.79 Å². The van der Waals surface area contributed by atoms with Gasteiger partial charge in [0.2, 0.25) is 0 Å². The summed E-state index contributed by atoms with van der Waals surface area (Å²) in [6, 6.07) is 0. The molecule has 0 aliphatic carbocycles. The second kappa shape index (κ2) is 10.9. The minimum atomic E-state index is -2.49. The van der Waals surface area contributed by atoms with Gasteiger partial charge in [-0.05, 0) is 0 Å². The minimum absolute atomic E-state index is 0.292. The Bertz CT molecular complexity index is 322. The third-order valence-corrected chi connectivity index (χ3v) is 22.1. The Morgan fingerprint density at radius 1 is 0.864 bits per heavy atom. The van der Waals surface area contributed by atoms with Crippen LogP contribution >= 0.6 is 0 Å². The van der Waals surface area contributed by atoms with Crippen LogP contribution in [0.2, 0.25) is 13.3 Å². The molecule has 2 heteroatoms. The number of carbonyl (C=O) groups excluding carboxylic acids is 1. The molecular weight excluding hydrogens is 375 g/mol. The number of hydrogen-bond donors (Lipinski definition) is 0. The van der Waals surface area contributed by atoms with E-state index in [0.717, 1.165) is 0 Å². The summed E-state index contributed by atoms with van der Waals surface area (Å²) in [5.41, 5.74) is -0.292. The summed E-state index contributed by atoms with van der Waals surface area (Å²) in [5.74, 6) is 0.392. The summed E-state index contributed by atoms with van der Waals surface area (Å²) in [4.78, 5) is 12.5. The van der Waals surface area contributed by atoms with E-state index in [0.29, 0.717) is 12.2 Å². The SMILES string of the molecule is C=[C](C(C)(C)C(=O)CC)[Sn]([CH2]CCC)([CH2]CCC)[CH2]CCC. The van der Waals surface area contributed by atoms with E-state index in [4.69, 9.17) is 0 Å². The van der Waals surface area contributed by atoms with E-state index < -0.39 is 18.4 Å². The first-order valence-electron chi connectivity index (χ1n) is 9.55. The first-order valence-corrected chi connectivity index (χ1v) is 17.0. The number of Topliss-reactive ketones (excluding diaryl/α,β-unsaturated/α-hetero) is 1. The van der Waals surface area contributed by atoms with Gasteiger partial charge >= 0.3 is 144 Å². The van der Waals surface area contributed by atoms with Crippen LogP contribution in [0, 0.1) is 5.41 Å². The first-order chi connectivity index (χ1) is 10.3. The molecule has 0 radical (unpaired) electrons. The summed E-state index contributed by atoms with van der Waals surface area (Å²) in [7, 11) is 0. The molecule has 1 nitrogen and oxygen atoms in total. The summed E-state index contributed by atoms with van der Waals surface area (Å²) in [6.07, 6.45) is 8.45. The molecule has 0 bridgehead atoms. The van der Waals surface area contributed by atoms with Crippen LogP contribution in [0.3, 0.4) is 0 Å². The second-order valence-electron chi connectivity index (χ2n) is 7.47. The second-order valence-corrected chi connectivity index (χ2v) is 20.8. The van der Waals surface area contributed by atoms with Crippen molar-refractivity contribution in [2.24, 2.45) is 5.41 Å². The van der Waals surface area contributed by atoms with Crippen LogP contribution in [0.5, 0.6) is 0 Å². The van der Waals surface area contributed by atoms with Crippen LogP contribution in [0.4, 0.5) is 0 Å². The third-order valence-electron chi connectivity index (χ3n) is 5.44. The number of unbranched alkanes of at least 4 members (excludes halogenated alkanes) is 3. The zero-order valence-corrected chi connectivity index (χ0v) is 19.0. The Balaban J connectivity index is 5.54. The van der Waals surface area contributed by atoms with Gasteiger partial charge in [-0.2, -0.15) is 0 Å². The molecule has 0 aromatic carbocycles. The molecule has 0 N–H and O–H groups in total. The fraction of sp³-hybridized carbons (Fsp3) is 0.850. The Hall–Kier alpha value is 0.209. The zero-order chi connectivity index (χ0) is 17.2. The summed E-state index contributed by atoms with van der Waals surface area (Å²) >= 11 is -2.49. The van der Waals surface area contributed by atoms with Gasteiger partial charge in [-0.1, -0.05) is 0 Å². The molecule has 0 fully saturated rings. The maximum atomic E-state index is 12.5. The van der Waals surface area contributed by atoms with Crippen molar-refractivity contribution in [3.05, 3.63) is 10.2 Å². The molecule has 0 atom stereocenters.